The Morgan fingerprint density at radius 2 is 2.09 bits per heavy atom. The predicted octanol–water partition coefficient (Wildman–Crippen LogP) is 1.86. The first-order valence-electron chi connectivity index (χ1n) is 7.48. The molecule has 1 aromatic heterocycles. The molecule has 0 aliphatic heterocycles. The normalized spacial score (nSPS) is 16.6. The smallest absolute Gasteiger partial charge is 0.252 e. The van der Waals surface area contributed by atoms with E-state index >= 15 is 0 Å². The van der Waals surface area contributed by atoms with Crippen LogP contribution in [0.15, 0.2) is 15.7 Å². The number of thiophene rings is 1. The summed E-state index contributed by atoms with van der Waals surface area (Å²) in [6, 6.07) is 1.30. The Bertz CT molecular complexity index is 592. The van der Waals surface area contributed by atoms with Crippen LogP contribution in [0.5, 0.6) is 0 Å². The number of carbonyl (C=O) groups excluding carboxylic acids is 1. The summed E-state index contributed by atoms with van der Waals surface area (Å²) in [6.45, 7) is 1.14. The number of rotatable bonds is 7. The van der Waals surface area contributed by atoms with Crippen LogP contribution in [0.25, 0.3) is 0 Å². The van der Waals surface area contributed by atoms with Crippen LogP contribution in [-0.4, -0.2) is 33.6 Å². The van der Waals surface area contributed by atoms with Gasteiger partial charge in [-0.3, -0.25) is 4.79 Å². The van der Waals surface area contributed by atoms with Gasteiger partial charge in [-0.25, -0.2) is 13.6 Å². The Kier molecular flexibility index (Phi) is 6.37. The summed E-state index contributed by atoms with van der Waals surface area (Å²) < 4.78 is 28.1. The fourth-order valence-corrected chi connectivity index (χ4v) is 4.03. The zero-order valence-electron chi connectivity index (χ0n) is 12.4. The minimum absolute atomic E-state index is 0.00159. The number of amides is 1. The molecule has 0 bridgehead atoms. The van der Waals surface area contributed by atoms with Crippen molar-refractivity contribution < 1.29 is 17.9 Å². The Morgan fingerprint density at radius 3 is 2.73 bits per heavy atom. The van der Waals surface area contributed by atoms with E-state index in [-0.39, 0.29) is 10.1 Å². The standard InChI is InChI=1S/C14H22N2O4S2/c15-22(18,19)13-9-11(10-21-13)14(17)16-7-4-8-20-12-5-2-1-3-6-12/h9-10,12H,1-8H2,(H,16,17)(H2,15,18,19). The van der Waals surface area contributed by atoms with E-state index in [9.17, 15) is 13.2 Å². The molecular formula is C14H22N2O4S2. The summed E-state index contributed by atoms with van der Waals surface area (Å²) in [5, 5.41) is 9.26. The molecule has 0 aromatic carbocycles. The maximum absolute atomic E-state index is 11.9. The number of carbonyl (C=O) groups is 1. The zero-order valence-corrected chi connectivity index (χ0v) is 14.0. The average molecular weight is 346 g/mol. The van der Waals surface area contributed by atoms with Gasteiger partial charge in [0.2, 0.25) is 10.0 Å². The number of primary sulfonamides is 1. The minimum atomic E-state index is -3.74. The molecule has 0 spiro atoms. The van der Waals surface area contributed by atoms with Crippen LogP contribution in [0.3, 0.4) is 0 Å². The number of nitrogens with two attached hydrogens (primary N) is 1. The van der Waals surface area contributed by atoms with E-state index in [4.69, 9.17) is 9.88 Å². The quantitative estimate of drug-likeness (QED) is 0.736. The van der Waals surface area contributed by atoms with Crippen molar-refractivity contribution in [3.63, 3.8) is 0 Å². The molecule has 1 amide bonds. The number of nitrogens with one attached hydrogen (secondary N) is 1. The molecule has 0 saturated heterocycles. The van der Waals surface area contributed by atoms with Crippen molar-refractivity contribution in [1.29, 1.82) is 0 Å². The first kappa shape index (κ1) is 17.4. The molecular weight excluding hydrogens is 324 g/mol. The molecule has 1 aliphatic carbocycles. The van der Waals surface area contributed by atoms with Gasteiger partial charge in [-0.15, -0.1) is 11.3 Å². The average Bonchev–Trinajstić information content (AvgIpc) is 2.98. The van der Waals surface area contributed by atoms with Gasteiger partial charge in [0.05, 0.1) is 11.7 Å². The van der Waals surface area contributed by atoms with E-state index in [1.54, 1.807) is 0 Å². The summed E-state index contributed by atoms with van der Waals surface area (Å²) in [4.78, 5) is 11.9. The second-order valence-corrected chi connectivity index (χ2v) is 8.14. The van der Waals surface area contributed by atoms with E-state index in [1.165, 1.54) is 30.7 Å². The number of hydrogen-bond acceptors (Lipinski definition) is 5. The van der Waals surface area contributed by atoms with Crippen LogP contribution in [0, 0.1) is 0 Å². The summed E-state index contributed by atoms with van der Waals surface area (Å²) in [7, 11) is -3.74. The topological polar surface area (TPSA) is 98.5 Å². The van der Waals surface area contributed by atoms with Gasteiger partial charge in [-0.1, -0.05) is 19.3 Å². The van der Waals surface area contributed by atoms with Gasteiger partial charge in [0.25, 0.3) is 5.91 Å². The van der Waals surface area contributed by atoms with Gasteiger partial charge < -0.3 is 10.1 Å². The largest absolute Gasteiger partial charge is 0.378 e. The molecule has 1 saturated carbocycles. The summed E-state index contributed by atoms with van der Waals surface area (Å²) in [6.07, 6.45) is 7.18. The third-order valence-corrected chi connectivity index (χ3v) is 6.02. The maximum atomic E-state index is 11.9. The highest BCUT2D eigenvalue weighted by atomic mass is 32.2. The molecule has 0 radical (unpaired) electrons. The van der Waals surface area contributed by atoms with Crippen LogP contribution in [-0.2, 0) is 14.8 Å². The number of hydrogen-bond donors (Lipinski definition) is 2. The molecule has 1 aliphatic rings. The Balaban J connectivity index is 1.66. The van der Waals surface area contributed by atoms with Crippen molar-refractivity contribution in [2.75, 3.05) is 13.2 Å². The lowest BCUT2D eigenvalue weighted by molar-refractivity contribution is 0.0273. The molecule has 1 fully saturated rings. The summed E-state index contributed by atoms with van der Waals surface area (Å²) >= 11 is 0.949. The van der Waals surface area contributed by atoms with Gasteiger partial charge in [-0.05, 0) is 25.3 Å². The third-order valence-electron chi connectivity index (χ3n) is 3.63. The van der Waals surface area contributed by atoms with Crippen LogP contribution in [0.4, 0.5) is 0 Å². The SMILES string of the molecule is NS(=O)(=O)c1cc(C(=O)NCCCOC2CCCCC2)cs1. The molecule has 0 unspecified atom stereocenters. The zero-order chi connectivity index (χ0) is 16.0. The molecule has 1 aromatic rings. The Labute approximate surface area is 135 Å². The fraction of sp³-hybridized carbons (Fsp3) is 0.643. The second-order valence-electron chi connectivity index (χ2n) is 5.44. The van der Waals surface area contributed by atoms with Crippen molar-refractivity contribution in [1.82, 2.24) is 5.32 Å². The van der Waals surface area contributed by atoms with Crippen LogP contribution < -0.4 is 10.5 Å². The summed E-state index contributed by atoms with van der Waals surface area (Å²) in [5.74, 6) is -0.288. The highest BCUT2D eigenvalue weighted by Gasteiger charge is 2.15. The van der Waals surface area contributed by atoms with E-state index in [2.05, 4.69) is 5.32 Å². The lowest BCUT2D eigenvalue weighted by atomic mass is 9.98. The van der Waals surface area contributed by atoms with E-state index in [1.807, 2.05) is 0 Å². The van der Waals surface area contributed by atoms with Gasteiger partial charge in [0, 0.05) is 18.5 Å². The Morgan fingerprint density at radius 1 is 1.36 bits per heavy atom. The van der Waals surface area contributed by atoms with Crippen LogP contribution in [0.1, 0.15) is 48.9 Å². The number of sulfonamides is 1. The second kappa shape index (κ2) is 8.05. The van der Waals surface area contributed by atoms with Crippen LogP contribution in [0.2, 0.25) is 0 Å². The van der Waals surface area contributed by atoms with Crippen molar-refractivity contribution in [2.24, 2.45) is 5.14 Å². The maximum Gasteiger partial charge on any atom is 0.252 e. The molecule has 1 heterocycles. The summed E-state index contributed by atoms with van der Waals surface area (Å²) in [5.41, 5.74) is 0.322. The minimum Gasteiger partial charge on any atom is -0.378 e. The van der Waals surface area contributed by atoms with Crippen molar-refractivity contribution in [2.45, 2.75) is 48.8 Å². The third kappa shape index (κ3) is 5.35. The molecule has 2 rings (SSSR count). The monoisotopic (exact) mass is 346 g/mol. The van der Waals surface area contributed by atoms with Gasteiger partial charge in [0.1, 0.15) is 4.21 Å². The van der Waals surface area contributed by atoms with Gasteiger partial charge in [-0.2, -0.15) is 0 Å². The van der Waals surface area contributed by atoms with Crippen LogP contribution >= 0.6 is 11.3 Å². The van der Waals surface area contributed by atoms with E-state index in [0.29, 0.717) is 24.8 Å². The van der Waals surface area contributed by atoms with Gasteiger partial charge >= 0.3 is 0 Å². The van der Waals surface area contributed by atoms with Crippen molar-refractivity contribution in [3.8, 4) is 0 Å². The first-order chi connectivity index (χ1) is 10.5. The molecule has 124 valence electrons. The van der Waals surface area contributed by atoms with E-state index < -0.39 is 10.0 Å². The van der Waals surface area contributed by atoms with Crippen molar-refractivity contribution >= 4 is 27.3 Å². The lowest BCUT2D eigenvalue weighted by Gasteiger charge is -2.21. The first-order valence-corrected chi connectivity index (χ1v) is 9.90. The lowest BCUT2D eigenvalue weighted by Crippen LogP contribution is -2.26. The molecule has 22 heavy (non-hydrogen) atoms. The van der Waals surface area contributed by atoms with E-state index in [0.717, 1.165) is 30.6 Å². The molecule has 6 nitrogen and oxygen atoms in total. The number of ether oxygens (including phenoxy) is 1. The molecule has 8 heteroatoms. The van der Waals surface area contributed by atoms with Gasteiger partial charge in [0.15, 0.2) is 0 Å². The Hall–Kier alpha value is -0.960. The highest BCUT2D eigenvalue weighted by Crippen LogP contribution is 2.20. The highest BCUT2D eigenvalue weighted by molar-refractivity contribution is 7.91. The fourth-order valence-electron chi connectivity index (χ4n) is 2.44. The van der Waals surface area contributed by atoms with Crippen molar-refractivity contribution in [3.05, 3.63) is 17.0 Å². The predicted molar refractivity (Wildman–Crippen MR) is 85.5 cm³/mol. The molecule has 3 N–H and O–H groups in total. The molecule has 0 atom stereocenters.